The minimum atomic E-state index is -0.657. The number of furan rings is 1. The fourth-order valence-corrected chi connectivity index (χ4v) is 2.80. The van der Waals surface area contributed by atoms with Crippen molar-refractivity contribution in [1.82, 2.24) is 15.1 Å². The largest absolute Gasteiger partial charge is 0.459 e. The van der Waals surface area contributed by atoms with E-state index in [4.69, 9.17) is 8.83 Å². The molecule has 2 heterocycles. The zero-order chi connectivity index (χ0) is 15.1. The first-order valence-corrected chi connectivity index (χ1v) is 7.62. The van der Waals surface area contributed by atoms with E-state index in [1.807, 2.05) is 0 Å². The third-order valence-electron chi connectivity index (χ3n) is 4.22. The first-order valence-electron chi connectivity index (χ1n) is 7.62. The minimum Gasteiger partial charge on any atom is -0.459 e. The van der Waals surface area contributed by atoms with Crippen LogP contribution in [0.25, 0.3) is 11.7 Å². The minimum absolute atomic E-state index is 0.0868. The van der Waals surface area contributed by atoms with Crippen molar-refractivity contribution in [2.24, 2.45) is 11.8 Å². The first-order chi connectivity index (χ1) is 10.7. The highest BCUT2D eigenvalue weighted by molar-refractivity contribution is 5.76. The van der Waals surface area contributed by atoms with Crippen molar-refractivity contribution in [2.45, 2.75) is 38.3 Å². The van der Waals surface area contributed by atoms with E-state index in [2.05, 4.69) is 10.4 Å². The third kappa shape index (κ3) is 2.70. The Morgan fingerprint density at radius 3 is 2.68 bits per heavy atom. The van der Waals surface area contributed by atoms with Crippen LogP contribution in [0.1, 0.15) is 25.7 Å². The molecule has 0 radical (unpaired) electrons. The molecule has 1 amide bonds. The lowest BCUT2D eigenvalue weighted by molar-refractivity contribution is -0.123. The molecule has 0 aromatic carbocycles. The fourth-order valence-electron chi connectivity index (χ4n) is 2.80. The summed E-state index contributed by atoms with van der Waals surface area (Å²) in [6.07, 6.45) is 6.22. The molecule has 0 atom stereocenters. The van der Waals surface area contributed by atoms with E-state index >= 15 is 0 Å². The Bertz CT molecular complexity index is 710. The van der Waals surface area contributed by atoms with E-state index < -0.39 is 5.76 Å². The summed E-state index contributed by atoms with van der Waals surface area (Å²) in [5.74, 6) is 0.836. The molecule has 0 spiro atoms. The molecule has 2 aliphatic carbocycles. The molecule has 2 aromatic heterocycles. The van der Waals surface area contributed by atoms with E-state index in [9.17, 15) is 9.59 Å². The summed E-state index contributed by atoms with van der Waals surface area (Å²) in [6, 6.07) is 3.59. The van der Waals surface area contributed by atoms with Crippen molar-refractivity contribution in [3.63, 3.8) is 0 Å². The van der Waals surface area contributed by atoms with Gasteiger partial charge in [-0.15, -0.1) is 5.10 Å². The van der Waals surface area contributed by atoms with E-state index in [-0.39, 0.29) is 24.4 Å². The lowest BCUT2D eigenvalue weighted by atomic mass is 10.1. The van der Waals surface area contributed by atoms with Gasteiger partial charge < -0.3 is 14.2 Å². The Labute approximate surface area is 126 Å². The number of carbonyl (C=O) groups is 1. The van der Waals surface area contributed by atoms with Crippen LogP contribution < -0.4 is 11.1 Å². The van der Waals surface area contributed by atoms with Gasteiger partial charge in [-0.2, -0.15) is 4.68 Å². The molecule has 4 rings (SSSR count). The quantitative estimate of drug-likeness (QED) is 0.871. The fraction of sp³-hybridized carbons (Fsp3) is 0.533. The van der Waals surface area contributed by atoms with Crippen LogP contribution in [-0.4, -0.2) is 21.7 Å². The second kappa shape index (κ2) is 5.15. The van der Waals surface area contributed by atoms with Gasteiger partial charge in [0.25, 0.3) is 5.89 Å². The van der Waals surface area contributed by atoms with Gasteiger partial charge in [0, 0.05) is 6.04 Å². The number of nitrogens with zero attached hydrogens (tertiary/aromatic N) is 2. The van der Waals surface area contributed by atoms with Gasteiger partial charge in [-0.1, -0.05) is 0 Å². The monoisotopic (exact) mass is 303 g/mol. The van der Waals surface area contributed by atoms with Crippen molar-refractivity contribution in [3.05, 3.63) is 28.9 Å². The van der Waals surface area contributed by atoms with E-state index in [1.165, 1.54) is 31.9 Å². The average Bonchev–Trinajstić information content (AvgIpc) is 3.41. The van der Waals surface area contributed by atoms with Crippen LogP contribution in [0.3, 0.4) is 0 Å². The van der Waals surface area contributed by atoms with Gasteiger partial charge in [-0.05, 0) is 49.7 Å². The molecule has 2 aliphatic rings. The maximum atomic E-state index is 12.2. The Hall–Kier alpha value is -2.31. The first kappa shape index (κ1) is 13.4. The topological polar surface area (TPSA) is 90.3 Å². The summed E-state index contributed by atoms with van der Waals surface area (Å²) in [5, 5.41) is 7.06. The molecule has 0 bridgehead atoms. The van der Waals surface area contributed by atoms with Crippen LogP contribution in [0, 0.1) is 11.8 Å². The standard InChI is InChI=1S/C15H17N3O4/c19-12(16-13(9-3-4-9)10-5-6-10)8-18-15(20)22-14(17-18)11-2-1-7-21-11/h1-2,7,9-10,13H,3-6,8H2,(H,16,19). The second-order valence-electron chi connectivity index (χ2n) is 6.08. The smallest absolute Gasteiger partial charge is 0.437 e. The summed E-state index contributed by atoms with van der Waals surface area (Å²) in [5.41, 5.74) is 0. The van der Waals surface area contributed by atoms with E-state index in [1.54, 1.807) is 12.1 Å². The van der Waals surface area contributed by atoms with Gasteiger partial charge in [0.2, 0.25) is 5.91 Å². The van der Waals surface area contributed by atoms with Gasteiger partial charge in [-0.3, -0.25) is 4.79 Å². The van der Waals surface area contributed by atoms with Gasteiger partial charge in [0.15, 0.2) is 5.76 Å². The van der Waals surface area contributed by atoms with Gasteiger partial charge >= 0.3 is 5.76 Å². The van der Waals surface area contributed by atoms with Crippen LogP contribution in [0.2, 0.25) is 0 Å². The number of nitrogens with one attached hydrogen (secondary N) is 1. The third-order valence-corrected chi connectivity index (χ3v) is 4.22. The molecule has 22 heavy (non-hydrogen) atoms. The molecule has 7 nitrogen and oxygen atoms in total. The molecular formula is C15H17N3O4. The van der Waals surface area contributed by atoms with Crippen LogP contribution >= 0.6 is 0 Å². The van der Waals surface area contributed by atoms with Crippen LogP contribution in [0.4, 0.5) is 0 Å². The average molecular weight is 303 g/mol. The van der Waals surface area contributed by atoms with Gasteiger partial charge in [0.1, 0.15) is 6.54 Å². The summed E-state index contributed by atoms with van der Waals surface area (Å²) in [7, 11) is 0. The number of aromatic nitrogens is 2. The van der Waals surface area contributed by atoms with Crippen LogP contribution in [0.15, 0.2) is 32.0 Å². The number of hydrogen-bond acceptors (Lipinski definition) is 5. The van der Waals surface area contributed by atoms with Gasteiger partial charge in [-0.25, -0.2) is 4.79 Å². The normalized spacial score (nSPS) is 17.9. The number of hydrogen-bond donors (Lipinski definition) is 1. The molecule has 1 N–H and O–H groups in total. The molecular weight excluding hydrogens is 286 g/mol. The summed E-state index contributed by atoms with van der Waals surface area (Å²) < 4.78 is 11.2. The van der Waals surface area contributed by atoms with Crippen molar-refractivity contribution >= 4 is 5.91 Å². The summed E-state index contributed by atoms with van der Waals surface area (Å²) in [4.78, 5) is 23.9. The molecule has 0 unspecified atom stereocenters. The summed E-state index contributed by atoms with van der Waals surface area (Å²) in [6.45, 7) is -0.126. The van der Waals surface area contributed by atoms with Crippen molar-refractivity contribution < 1.29 is 13.6 Å². The molecule has 0 saturated heterocycles. The highest BCUT2D eigenvalue weighted by Crippen LogP contribution is 2.44. The molecule has 116 valence electrons. The highest BCUT2D eigenvalue weighted by Gasteiger charge is 2.42. The molecule has 0 aliphatic heterocycles. The number of rotatable bonds is 6. The molecule has 2 saturated carbocycles. The zero-order valence-corrected chi connectivity index (χ0v) is 12.0. The Morgan fingerprint density at radius 1 is 1.36 bits per heavy atom. The van der Waals surface area contributed by atoms with Gasteiger partial charge in [0.05, 0.1) is 6.26 Å². The number of amides is 1. The maximum absolute atomic E-state index is 12.2. The van der Waals surface area contributed by atoms with Crippen molar-refractivity contribution in [2.75, 3.05) is 0 Å². The predicted molar refractivity (Wildman–Crippen MR) is 75.8 cm³/mol. The molecule has 2 aromatic rings. The zero-order valence-electron chi connectivity index (χ0n) is 12.0. The lowest BCUT2D eigenvalue weighted by Crippen LogP contribution is -2.41. The lowest BCUT2D eigenvalue weighted by Gasteiger charge is -2.17. The SMILES string of the molecule is O=C(Cn1nc(-c2ccco2)oc1=O)NC(C1CC1)C1CC1. The Kier molecular flexibility index (Phi) is 3.13. The number of carbonyl (C=O) groups excluding carboxylic acids is 1. The van der Waals surface area contributed by atoms with Crippen molar-refractivity contribution in [1.29, 1.82) is 0 Å². The van der Waals surface area contributed by atoms with Crippen LogP contribution in [0.5, 0.6) is 0 Å². The predicted octanol–water partition coefficient (Wildman–Crippen LogP) is 1.40. The van der Waals surface area contributed by atoms with Crippen LogP contribution in [-0.2, 0) is 11.3 Å². The van der Waals surface area contributed by atoms with E-state index in [0.29, 0.717) is 17.6 Å². The Morgan fingerprint density at radius 2 is 2.09 bits per heavy atom. The van der Waals surface area contributed by atoms with Crippen molar-refractivity contribution in [3.8, 4) is 11.7 Å². The van der Waals surface area contributed by atoms with E-state index in [0.717, 1.165) is 4.68 Å². The highest BCUT2D eigenvalue weighted by atomic mass is 16.4. The summed E-state index contributed by atoms with van der Waals surface area (Å²) >= 11 is 0. The Balaban J connectivity index is 1.44. The molecule has 2 fully saturated rings. The maximum Gasteiger partial charge on any atom is 0.437 e. The second-order valence-corrected chi connectivity index (χ2v) is 6.08. The molecule has 7 heteroatoms.